The van der Waals surface area contributed by atoms with E-state index in [0.717, 1.165) is 5.56 Å². The summed E-state index contributed by atoms with van der Waals surface area (Å²) in [5, 5.41) is 5.31. The maximum atomic E-state index is 12.8. The van der Waals surface area contributed by atoms with E-state index in [1.807, 2.05) is 0 Å². The molecule has 2 aromatic carbocycles. The quantitative estimate of drug-likeness (QED) is 0.884. The minimum Gasteiger partial charge on any atom is -0.349 e. The van der Waals surface area contributed by atoms with Gasteiger partial charge in [0.05, 0.1) is 5.69 Å². The molecule has 8 heteroatoms. The van der Waals surface area contributed by atoms with Crippen molar-refractivity contribution in [3.8, 4) is 0 Å². The molecular formula is C16H18FN3O3S. The Morgan fingerprint density at radius 1 is 1.17 bits per heavy atom. The van der Waals surface area contributed by atoms with Gasteiger partial charge in [-0.05, 0) is 36.2 Å². The van der Waals surface area contributed by atoms with E-state index in [2.05, 4.69) is 15.0 Å². The summed E-state index contributed by atoms with van der Waals surface area (Å²) in [6, 6.07) is 12.2. The van der Waals surface area contributed by atoms with Gasteiger partial charge in [0.25, 0.3) is 15.9 Å². The lowest BCUT2D eigenvalue weighted by atomic mass is 10.1. The van der Waals surface area contributed by atoms with Gasteiger partial charge in [0.1, 0.15) is 10.7 Å². The van der Waals surface area contributed by atoms with Crippen LogP contribution < -0.4 is 10.6 Å². The average molecular weight is 351 g/mol. The van der Waals surface area contributed by atoms with E-state index in [4.69, 9.17) is 0 Å². The second-order valence-corrected chi connectivity index (χ2v) is 6.74. The molecule has 6 nitrogen and oxygen atoms in total. The van der Waals surface area contributed by atoms with E-state index >= 15 is 0 Å². The highest BCUT2D eigenvalue weighted by molar-refractivity contribution is 7.90. The summed E-state index contributed by atoms with van der Waals surface area (Å²) in [6.07, 6.45) is 0.489. The van der Waals surface area contributed by atoms with Crippen LogP contribution in [0.5, 0.6) is 0 Å². The highest BCUT2D eigenvalue weighted by Crippen LogP contribution is 2.26. The maximum absolute atomic E-state index is 12.8. The molecule has 128 valence electrons. The molecule has 0 aliphatic carbocycles. The third kappa shape index (κ3) is 3.43. The summed E-state index contributed by atoms with van der Waals surface area (Å²) in [6.45, 7) is 0.271. The van der Waals surface area contributed by atoms with Crippen molar-refractivity contribution in [2.45, 2.75) is 11.3 Å². The Balaban J connectivity index is 0.00000169. The third-order valence-corrected chi connectivity index (χ3v) is 4.79. The number of para-hydroxylation sites is 1. The number of anilines is 1. The second-order valence-electron chi connectivity index (χ2n) is 5.17. The first-order valence-electron chi connectivity index (χ1n) is 7.19. The van der Waals surface area contributed by atoms with Gasteiger partial charge in [0, 0.05) is 9.40 Å². The number of nitrogens with zero attached hydrogens (tertiary/aromatic N) is 1. The molecule has 1 amide bonds. The van der Waals surface area contributed by atoms with Gasteiger partial charge in [0.15, 0.2) is 0 Å². The zero-order valence-corrected chi connectivity index (χ0v) is 13.3. The standard InChI is InChI=1S/C16H14FN3O3S.2H2/c17-12-7-5-11(6-8-12)9-10-18-16(21)15-19-13-3-1-2-4-14(13)24(22,23)20-15;;/h1-8H,9-10H2,(H,18,21)(H,19,20);2*1H. The van der Waals surface area contributed by atoms with E-state index in [0.29, 0.717) is 12.1 Å². The molecule has 0 spiro atoms. The van der Waals surface area contributed by atoms with Gasteiger partial charge in [-0.25, -0.2) is 4.39 Å². The molecule has 0 atom stereocenters. The topological polar surface area (TPSA) is 87.6 Å². The van der Waals surface area contributed by atoms with Crippen molar-refractivity contribution in [2.75, 3.05) is 11.9 Å². The molecular weight excluding hydrogens is 333 g/mol. The molecule has 0 aromatic heterocycles. The number of hydrogen-bond acceptors (Lipinski definition) is 4. The van der Waals surface area contributed by atoms with Crippen LogP contribution in [-0.2, 0) is 21.2 Å². The summed E-state index contributed by atoms with van der Waals surface area (Å²) in [5.74, 6) is -1.21. The fraction of sp³-hybridized carbons (Fsp3) is 0.125. The third-order valence-electron chi connectivity index (χ3n) is 3.46. The molecule has 0 radical (unpaired) electrons. The Morgan fingerprint density at radius 3 is 2.62 bits per heavy atom. The minimum absolute atomic E-state index is 0. The molecule has 0 bridgehead atoms. The van der Waals surface area contributed by atoms with Crippen LogP contribution in [0.2, 0.25) is 0 Å². The Labute approximate surface area is 141 Å². The number of hydrogen-bond donors (Lipinski definition) is 2. The summed E-state index contributed by atoms with van der Waals surface area (Å²) in [5.41, 5.74) is 1.17. The number of carbonyl (C=O) groups is 1. The van der Waals surface area contributed by atoms with E-state index in [9.17, 15) is 17.6 Å². The molecule has 0 unspecified atom stereocenters. The van der Waals surface area contributed by atoms with E-state index in [1.54, 1.807) is 30.3 Å². The number of benzene rings is 2. The van der Waals surface area contributed by atoms with Gasteiger partial charge in [0.2, 0.25) is 5.84 Å². The Kier molecular flexibility index (Phi) is 4.30. The smallest absolute Gasteiger partial charge is 0.287 e. The van der Waals surface area contributed by atoms with Crippen LogP contribution in [0.1, 0.15) is 8.42 Å². The summed E-state index contributed by atoms with van der Waals surface area (Å²) in [4.78, 5) is 12.1. The van der Waals surface area contributed by atoms with Crippen molar-refractivity contribution in [2.24, 2.45) is 4.40 Å². The first-order valence-corrected chi connectivity index (χ1v) is 8.63. The first-order chi connectivity index (χ1) is 11.5. The largest absolute Gasteiger partial charge is 0.349 e. The monoisotopic (exact) mass is 351 g/mol. The zero-order chi connectivity index (χ0) is 17.2. The number of rotatable bonds is 4. The van der Waals surface area contributed by atoms with Gasteiger partial charge >= 0.3 is 0 Å². The van der Waals surface area contributed by atoms with Crippen molar-refractivity contribution in [3.05, 3.63) is 59.9 Å². The highest BCUT2D eigenvalue weighted by atomic mass is 32.2. The van der Waals surface area contributed by atoms with Crippen molar-refractivity contribution in [3.63, 3.8) is 0 Å². The molecule has 3 rings (SSSR count). The summed E-state index contributed by atoms with van der Waals surface area (Å²) >= 11 is 0. The number of amidine groups is 1. The van der Waals surface area contributed by atoms with E-state index < -0.39 is 15.9 Å². The van der Waals surface area contributed by atoms with Crippen LogP contribution in [0.15, 0.2) is 57.8 Å². The summed E-state index contributed by atoms with van der Waals surface area (Å²) < 4.78 is 40.5. The Morgan fingerprint density at radius 2 is 1.88 bits per heavy atom. The maximum Gasteiger partial charge on any atom is 0.287 e. The van der Waals surface area contributed by atoms with Gasteiger partial charge in [-0.1, -0.05) is 24.3 Å². The lowest BCUT2D eigenvalue weighted by Crippen LogP contribution is -2.39. The Bertz CT molecular complexity index is 919. The van der Waals surface area contributed by atoms with Crippen molar-refractivity contribution in [1.82, 2.24) is 5.32 Å². The van der Waals surface area contributed by atoms with Crippen LogP contribution in [0.4, 0.5) is 10.1 Å². The predicted molar refractivity (Wildman–Crippen MR) is 92.0 cm³/mol. The van der Waals surface area contributed by atoms with Crippen LogP contribution in [-0.4, -0.2) is 26.7 Å². The number of carbonyl (C=O) groups excluding carboxylic acids is 1. The number of sulfonamides is 1. The molecule has 0 saturated carbocycles. The normalized spacial score (nSPS) is 15.0. The first kappa shape index (κ1) is 16.1. The fourth-order valence-electron chi connectivity index (χ4n) is 2.27. The number of halogens is 1. The second kappa shape index (κ2) is 6.40. The predicted octanol–water partition coefficient (Wildman–Crippen LogP) is 2.19. The average Bonchev–Trinajstić information content (AvgIpc) is 2.56. The van der Waals surface area contributed by atoms with Gasteiger partial charge in [-0.3, -0.25) is 4.79 Å². The molecule has 1 aliphatic heterocycles. The highest BCUT2D eigenvalue weighted by Gasteiger charge is 2.27. The molecule has 2 N–H and O–H groups in total. The van der Waals surface area contributed by atoms with Crippen molar-refractivity contribution in [1.29, 1.82) is 0 Å². The lowest BCUT2D eigenvalue weighted by Gasteiger charge is -2.17. The number of amides is 1. The lowest BCUT2D eigenvalue weighted by molar-refractivity contribution is -0.114. The Hall–Kier alpha value is -2.74. The number of fused-ring (bicyclic) bond motifs is 1. The van der Waals surface area contributed by atoms with Crippen LogP contribution in [0.3, 0.4) is 0 Å². The molecule has 0 saturated heterocycles. The van der Waals surface area contributed by atoms with Gasteiger partial charge in [-0.2, -0.15) is 8.42 Å². The van der Waals surface area contributed by atoms with Crippen molar-refractivity contribution >= 4 is 27.5 Å². The van der Waals surface area contributed by atoms with Gasteiger partial charge < -0.3 is 10.6 Å². The molecule has 24 heavy (non-hydrogen) atoms. The molecule has 2 aromatic rings. The van der Waals surface area contributed by atoms with E-state index in [1.165, 1.54) is 18.2 Å². The van der Waals surface area contributed by atoms with Gasteiger partial charge in [-0.15, -0.1) is 4.40 Å². The molecule has 1 aliphatic rings. The molecule has 0 fully saturated rings. The van der Waals surface area contributed by atoms with Crippen LogP contribution >= 0.6 is 0 Å². The molecule has 1 heterocycles. The van der Waals surface area contributed by atoms with Crippen LogP contribution in [0.25, 0.3) is 0 Å². The summed E-state index contributed by atoms with van der Waals surface area (Å²) in [7, 11) is -3.90. The van der Waals surface area contributed by atoms with Crippen molar-refractivity contribution < 1.29 is 20.5 Å². The van der Waals surface area contributed by atoms with E-state index in [-0.39, 0.29) is 25.9 Å². The SMILES string of the molecule is O=C(NCCc1ccc(F)cc1)C1=NS(=O)(=O)c2ccccc2N1.[HH].[HH]. The fourth-order valence-corrected chi connectivity index (χ4v) is 3.38. The van der Waals surface area contributed by atoms with Crippen LogP contribution in [0, 0.1) is 5.82 Å². The zero-order valence-electron chi connectivity index (χ0n) is 12.5. The number of nitrogens with one attached hydrogen (secondary N) is 2. The minimum atomic E-state index is -3.90.